The van der Waals surface area contributed by atoms with E-state index in [4.69, 9.17) is 9.47 Å². The normalized spacial score (nSPS) is 17.4. The Kier molecular flexibility index (Phi) is 6.81. The molecule has 0 aromatic carbocycles. The van der Waals surface area contributed by atoms with E-state index in [9.17, 15) is 4.79 Å². The van der Waals surface area contributed by atoms with E-state index in [-0.39, 0.29) is 17.6 Å². The molecule has 0 atom stereocenters. The van der Waals surface area contributed by atoms with Crippen LogP contribution in [0.25, 0.3) is 0 Å². The number of hydrogen-bond acceptors (Lipinski definition) is 5. The first-order valence-corrected chi connectivity index (χ1v) is 10.8. The van der Waals surface area contributed by atoms with Crippen molar-refractivity contribution in [1.29, 1.82) is 0 Å². The van der Waals surface area contributed by atoms with Crippen molar-refractivity contribution in [2.24, 2.45) is 5.92 Å². The molecular formula is C22H35N3O3. The molecule has 1 saturated carbocycles. The number of anilines is 1. The van der Waals surface area contributed by atoms with E-state index >= 15 is 0 Å². The molecule has 156 valence electrons. The van der Waals surface area contributed by atoms with Crippen molar-refractivity contribution < 1.29 is 14.3 Å². The van der Waals surface area contributed by atoms with Gasteiger partial charge in [0.2, 0.25) is 5.88 Å². The van der Waals surface area contributed by atoms with Gasteiger partial charge in [-0.2, -0.15) is 0 Å². The molecule has 28 heavy (non-hydrogen) atoms. The highest BCUT2D eigenvalue weighted by Gasteiger charge is 2.32. The number of methoxy groups -OCH3 is 1. The lowest BCUT2D eigenvalue weighted by molar-refractivity contribution is 0.0782. The second kappa shape index (κ2) is 9.12. The third-order valence-electron chi connectivity index (χ3n) is 6.21. The third kappa shape index (κ3) is 4.77. The van der Waals surface area contributed by atoms with Gasteiger partial charge >= 0.3 is 0 Å². The molecule has 1 aromatic rings. The van der Waals surface area contributed by atoms with E-state index < -0.39 is 0 Å². The lowest BCUT2D eigenvalue weighted by Gasteiger charge is -2.40. The van der Waals surface area contributed by atoms with Crippen molar-refractivity contribution in [2.45, 2.75) is 70.9 Å². The molecule has 6 nitrogen and oxygen atoms in total. The standard InChI is InChI=1S/C22H35N3O3/c1-5-12-22(6-2,7-3)24-20(26)18-10-11-19(25-13-17(14-25)27-4)21(23-18)28-15-16-8-9-16/h10-11,16-17H,5-9,12-15H2,1-4H3,(H,24,26). The molecule has 0 bridgehead atoms. The molecule has 0 unspecified atom stereocenters. The van der Waals surface area contributed by atoms with Crippen LogP contribution < -0.4 is 15.0 Å². The molecule has 2 fully saturated rings. The van der Waals surface area contributed by atoms with Crippen molar-refractivity contribution in [3.05, 3.63) is 17.8 Å². The summed E-state index contributed by atoms with van der Waals surface area (Å²) in [5, 5.41) is 3.25. The molecule has 0 radical (unpaired) electrons. The molecule has 1 N–H and O–H groups in total. The van der Waals surface area contributed by atoms with Crippen LogP contribution in [0.4, 0.5) is 5.69 Å². The number of hydrogen-bond donors (Lipinski definition) is 1. The summed E-state index contributed by atoms with van der Waals surface area (Å²) in [6.07, 6.45) is 6.54. The van der Waals surface area contributed by atoms with Gasteiger partial charge in [-0.15, -0.1) is 0 Å². The molecule has 2 aliphatic rings. The minimum Gasteiger partial charge on any atom is -0.476 e. The molecule has 2 heterocycles. The van der Waals surface area contributed by atoms with Gasteiger partial charge in [0.15, 0.2) is 0 Å². The van der Waals surface area contributed by atoms with E-state index in [1.807, 2.05) is 12.1 Å². The lowest BCUT2D eigenvalue weighted by atomic mass is 9.87. The summed E-state index contributed by atoms with van der Waals surface area (Å²) in [7, 11) is 1.74. The molecule has 0 spiro atoms. The summed E-state index contributed by atoms with van der Waals surface area (Å²) in [5.74, 6) is 1.09. The zero-order valence-electron chi connectivity index (χ0n) is 17.8. The summed E-state index contributed by atoms with van der Waals surface area (Å²) in [6, 6.07) is 3.78. The van der Waals surface area contributed by atoms with Gasteiger partial charge in [-0.1, -0.05) is 27.2 Å². The Balaban J connectivity index is 1.76. The van der Waals surface area contributed by atoms with Crippen molar-refractivity contribution in [3.8, 4) is 5.88 Å². The Labute approximate surface area is 169 Å². The molecule has 1 aliphatic carbocycles. The number of carbonyl (C=O) groups is 1. The molecule has 3 rings (SSSR count). The Bertz CT molecular complexity index is 665. The largest absolute Gasteiger partial charge is 0.476 e. The van der Waals surface area contributed by atoms with Crippen LogP contribution in [0.2, 0.25) is 0 Å². The topological polar surface area (TPSA) is 63.7 Å². The predicted octanol–water partition coefficient (Wildman–Crippen LogP) is 3.79. The third-order valence-corrected chi connectivity index (χ3v) is 6.21. The molecular weight excluding hydrogens is 354 g/mol. The summed E-state index contributed by atoms with van der Waals surface area (Å²) in [6.45, 7) is 8.76. The van der Waals surface area contributed by atoms with E-state index in [2.05, 4.69) is 36.0 Å². The van der Waals surface area contributed by atoms with Crippen LogP contribution in [-0.2, 0) is 4.74 Å². The number of nitrogens with one attached hydrogen (secondary N) is 1. The highest BCUT2D eigenvalue weighted by Crippen LogP contribution is 2.34. The van der Waals surface area contributed by atoms with Gasteiger partial charge in [-0.05, 0) is 50.2 Å². The van der Waals surface area contributed by atoms with E-state index in [1.54, 1.807) is 7.11 Å². The van der Waals surface area contributed by atoms with E-state index in [0.717, 1.165) is 44.5 Å². The van der Waals surface area contributed by atoms with Crippen molar-refractivity contribution in [3.63, 3.8) is 0 Å². The van der Waals surface area contributed by atoms with Crippen LogP contribution in [0.1, 0.15) is 69.8 Å². The van der Waals surface area contributed by atoms with Crippen LogP contribution in [0.15, 0.2) is 12.1 Å². The first-order chi connectivity index (χ1) is 13.5. The SMILES string of the molecule is CCCC(CC)(CC)NC(=O)c1ccc(N2CC(OC)C2)c(OCC2CC2)n1. The predicted molar refractivity (Wildman–Crippen MR) is 111 cm³/mol. The van der Waals surface area contributed by atoms with Gasteiger partial charge in [0.05, 0.1) is 12.7 Å². The second-order valence-electron chi connectivity index (χ2n) is 8.23. The monoisotopic (exact) mass is 389 g/mol. The number of ether oxygens (including phenoxy) is 2. The first kappa shape index (κ1) is 20.9. The van der Waals surface area contributed by atoms with Crippen molar-refractivity contribution >= 4 is 11.6 Å². The van der Waals surface area contributed by atoms with Crippen LogP contribution in [0, 0.1) is 5.92 Å². The zero-order valence-corrected chi connectivity index (χ0v) is 17.8. The Morgan fingerprint density at radius 2 is 1.96 bits per heavy atom. The zero-order chi connectivity index (χ0) is 20.1. The average molecular weight is 390 g/mol. The molecule has 1 aliphatic heterocycles. The fourth-order valence-corrected chi connectivity index (χ4v) is 3.80. The van der Waals surface area contributed by atoms with Crippen molar-refractivity contribution in [2.75, 3.05) is 31.7 Å². The minimum atomic E-state index is -0.162. The maximum Gasteiger partial charge on any atom is 0.270 e. The van der Waals surface area contributed by atoms with Crippen LogP contribution in [0.3, 0.4) is 0 Å². The van der Waals surface area contributed by atoms with Crippen molar-refractivity contribution in [1.82, 2.24) is 10.3 Å². The first-order valence-electron chi connectivity index (χ1n) is 10.8. The van der Waals surface area contributed by atoms with Gasteiger partial charge in [0.25, 0.3) is 5.91 Å². The highest BCUT2D eigenvalue weighted by atomic mass is 16.5. The summed E-state index contributed by atoms with van der Waals surface area (Å²) in [4.78, 5) is 19.8. The van der Waals surface area contributed by atoms with Gasteiger partial charge in [0, 0.05) is 25.7 Å². The van der Waals surface area contributed by atoms with E-state index in [1.165, 1.54) is 12.8 Å². The summed E-state index contributed by atoms with van der Waals surface area (Å²) >= 11 is 0. The smallest absolute Gasteiger partial charge is 0.270 e. The fraction of sp³-hybridized carbons (Fsp3) is 0.727. The quantitative estimate of drug-likeness (QED) is 0.624. The highest BCUT2D eigenvalue weighted by molar-refractivity contribution is 5.93. The fourth-order valence-electron chi connectivity index (χ4n) is 3.80. The average Bonchev–Trinajstić information content (AvgIpc) is 3.50. The van der Waals surface area contributed by atoms with Gasteiger partial charge < -0.3 is 19.7 Å². The molecule has 1 amide bonds. The minimum absolute atomic E-state index is 0.113. The Morgan fingerprint density at radius 1 is 1.25 bits per heavy atom. The van der Waals surface area contributed by atoms with Crippen LogP contribution in [-0.4, -0.2) is 49.3 Å². The maximum atomic E-state index is 13.0. The molecule has 1 saturated heterocycles. The Hall–Kier alpha value is -1.82. The summed E-state index contributed by atoms with van der Waals surface area (Å²) < 4.78 is 11.4. The number of nitrogens with zero attached hydrogens (tertiary/aromatic N) is 2. The maximum absolute atomic E-state index is 13.0. The second-order valence-corrected chi connectivity index (χ2v) is 8.23. The van der Waals surface area contributed by atoms with Gasteiger partial charge in [0.1, 0.15) is 11.4 Å². The van der Waals surface area contributed by atoms with Gasteiger partial charge in [-0.25, -0.2) is 4.98 Å². The number of amides is 1. The van der Waals surface area contributed by atoms with Crippen LogP contribution >= 0.6 is 0 Å². The Morgan fingerprint density at radius 3 is 2.54 bits per heavy atom. The summed E-state index contributed by atoms with van der Waals surface area (Å²) in [5.41, 5.74) is 1.22. The lowest BCUT2D eigenvalue weighted by Crippen LogP contribution is -2.52. The number of carbonyl (C=O) groups excluding carboxylic acids is 1. The molecule has 1 aromatic heterocycles. The number of aromatic nitrogens is 1. The number of pyridine rings is 1. The number of rotatable bonds is 11. The van der Waals surface area contributed by atoms with Crippen LogP contribution in [0.5, 0.6) is 5.88 Å². The molecule has 6 heteroatoms. The van der Waals surface area contributed by atoms with E-state index in [0.29, 0.717) is 24.1 Å². The van der Waals surface area contributed by atoms with Gasteiger partial charge in [-0.3, -0.25) is 4.79 Å².